The summed E-state index contributed by atoms with van der Waals surface area (Å²) in [5.41, 5.74) is 3.82. The van der Waals surface area contributed by atoms with Crippen molar-refractivity contribution in [3.8, 4) is 0 Å². The van der Waals surface area contributed by atoms with E-state index >= 15 is 0 Å². The van der Waals surface area contributed by atoms with Crippen molar-refractivity contribution in [3.63, 3.8) is 0 Å². The maximum Gasteiger partial charge on any atom is 0.234 e. The molecule has 1 aromatic rings. The summed E-state index contributed by atoms with van der Waals surface area (Å²) in [6, 6.07) is 4.08. The second-order valence-corrected chi connectivity index (χ2v) is 7.22. The molecule has 1 aromatic carbocycles. The Morgan fingerprint density at radius 2 is 1.89 bits per heavy atom. The van der Waals surface area contributed by atoms with Crippen LogP contribution in [0.3, 0.4) is 0 Å². The number of nitrogens with one attached hydrogen (secondary N) is 2. The van der Waals surface area contributed by atoms with E-state index in [1.165, 1.54) is 0 Å². The molecule has 0 aromatic heterocycles. The summed E-state index contributed by atoms with van der Waals surface area (Å²) in [5.74, 6) is 0.153. The maximum atomic E-state index is 12.2. The van der Waals surface area contributed by atoms with Gasteiger partial charge in [-0.25, -0.2) is 8.42 Å². The Kier molecular flexibility index (Phi) is 4.16. The van der Waals surface area contributed by atoms with Gasteiger partial charge in [-0.05, 0) is 51.3 Å². The third-order valence-electron chi connectivity index (χ3n) is 3.52. The minimum atomic E-state index is -3.29. The van der Waals surface area contributed by atoms with Gasteiger partial charge in [0, 0.05) is 6.04 Å². The molecule has 0 bridgehead atoms. The highest BCUT2D eigenvalue weighted by Gasteiger charge is 2.22. The van der Waals surface area contributed by atoms with Crippen molar-refractivity contribution in [3.05, 3.63) is 28.8 Å². The Bertz CT molecular complexity index is 538. The molecule has 1 heterocycles. The Morgan fingerprint density at radius 3 is 2.42 bits per heavy atom. The lowest BCUT2D eigenvalue weighted by Crippen LogP contribution is -2.33. The minimum Gasteiger partial charge on any atom is -0.313 e. The highest BCUT2D eigenvalue weighted by molar-refractivity contribution is 7.92. The van der Waals surface area contributed by atoms with Gasteiger partial charge < -0.3 is 5.32 Å². The van der Waals surface area contributed by atoms with Crippen LogP contribution in [0.5, 0.6) is 0 Å². The van der Waals surface area contributed by atoms with E-state index in [2.05, 4.69) is 10.0 Å². The lowest BCUT2D eigenvalue weighted by atomic mass is 10.1. The van der Waals surface area contributed by atoms with Gasteiger partial charge in [0.1, 0.15) is 0 Å². The second kappa shape index (κ2) is 5.51. The van der Waals surface area contributed by atoms with E-state index in [1.54, 1.807) is 0 Å². The van der Waals surface area contributed by atoms with E-state index in [0.717, 1.165) is 41.8 Å². The van der Waals surface area contributed by atoms with Gasteiger partial charge in [-0.15, -0.1) is 0 Å². The average Bonchev–Trinajstić information content (AvgIpc) is 2.75. The lowest BCUT2D eigenvalue weighted by molar-refractivity contribution is 0.581. The average molecular weight is 282 g/mol. The summed E-state index contributed by atoms with van der Waals surface area (Å²) in [5, 5.41) is 3.22. The smallest absolute Gasteiger partial charge is 0.234 e. The van der Waals surface area contributed by atoms with Gasteiger partial charge in [0.05, 0.1) is 11.4 Å². The summed E-state index contributed by atoms with van der Waals surface area (Å²) in [6.45, 7) is 6.81. The van der Waals surface area contributed by atoms with Crippen LogP contribution in [0.1, 0.15) is 29.5 Å². The fourth-order valence-electron chi connectivity index (χ4n) is 2.70. The Balaban J connectivity index is 2.15. The van der Waals surface area contributed by atoms with Crippen LogP contribution >= 0.6 is 0 Å². The van der Waals surface area contributed by atoms with Crippen molar-refractivity contribution in [2.24, 2.45) is 0 Å². The molecular formula is C14H22N2O2S. The summed E-state index contributed by atoms with van der Waals surface area (Å²) < 4.78 is 27.1. The fraction of sp³-hybridized carbons (Fsp3) is 0.571. The molecule has 1 aliphatic rings. The van der Waals surface area contributed by atoms with Crippen LogP contribution in [-0.4, -0.2) is 26.8 Å². The first-order valence-corrected chi connectivity index (χ1v) is 8.34. The molecule has 0 saturated carbocycles. The van der Waals surface area contributed by atoms with Gasteiger partial charge in [-0.2, -0.15) is 0 Å². The molecule has 0 aliphatic carbocycles. The molecule has 4 nitrogen and oxygen atoms in total. The summed E-state index contributed by atoms with van der Waals surface area (Å²) >= 11 is 0. The van der Waals surface area contributed by atoms with Crippen molar-refractivity contribution in [1.82, 2.24) is 5.32 Å². The van der Waals surface area contributed by atoms with E-state index in [9.17, 15) is 8.42 Å². The molecule has 0 spiro atoms. The van der Waals surface area contributed by atoms with E-state index in [-0.39, 0.29) is 11.8 Å². The van der Waals surface area contributed by atoms with Gasteiger partial charge in [-0.3, -0.25) is 4.72 Å². The van der Waals surface area contributed by atoms with Crippen LogP contribution in [0, 0.1) is 20.8 Å². The van der Waals surface area contributed by atoms with Crippen molar-refractivity contribution in [2.75, 3.05) is 17.0 Å². The molecule has 1 fully saturated rings. The van der Waals surface area contributed by atoms with Gasteiger partial charge >= 0.3 is 0 Å². The molecule has 0 amide bonds. The number of hydrogen-bond acceptors (Lipinski definition) is 3. The van der Waals surface area contributed by atoms with E-state index in [0.29, 0.717) is 0 Å². The van der Waals surface area contributed by atoms with Crippen molar-refractivity contribution < 1.29 is 8.42 Å². The van der Waals surface area contributed by atoms with Gasteiger partial charge in [-0.1, -0.05) is 17.7 Å². The monoisotopic (exact) mass is 282 g/mol. The topological polar surface area (TPSA) is 58.2 Å². The molecule has 1 aliphatic heterocycles. The van der Waals surface area contributed by atoms with E-state index in [4.69, 9.17) is 0 Å². The lowest BCUT2D eigenvalue weighted by Gasteiger charge is -2.16. The van der Waals surface area contributed by atoms with Crippen LogP contribution in [0.25, 0.3) is 0 Å². The first-order valence-electron chi connectivity index (χ1n) is 6.69. The molecule has 2 rings (SSSR count). The minimum absolute atomic E-state index is 0.0866. The van der Waals surface area contributed by atoms with Gasteiger partial charge in [0.2, 0.25) is 10.0 Å². The van der Waals surface area contributed by atoms with Crippen LogP contribution in [0.2, 0.25) is 0 Å². The highest BCUT2D eigenvalue weighted by atomic mass is 32.2. The predicted molar refractivity (Wildman–Crippen MR) is 79.1 cm³/mol. The zero-order valence-corrected chi connectivity index (χ0v) is 12.6. The fourth-order valence-corrected chi connectivity index (χ4v) is 4.23. The van der Waals surface area contributed by atoms with Gasteiger partial charge in [0.25, 0.3) is 0 Å². The molecule has 19 heavy (non-hydrogen) atoms. The van der Waals surface area contributed by atoms with Crippen LogP contribution in [0.15, 0.2) is 12.1 Å². The molecule has 0 radical (unpaired) electrons. The molecule has 5 heteroatoms. The Hall–Kier alpha value is -1.07. The third kappa shape index (κ3) is 3.70. The molecule has 1 unspecified atom stereocenters. The van der Waals surface area contributed by atoms with Crippen molar-refractivity contribution in [1.29, 1.82) is 0 Å². The van der Waals surface area contributed by atoms with E-state index in [1.807, 2.05) is 32.9 Å². The zero-order chi connectivity index (χ0) is 14.0. The third-order valence-corrected chi connectivity index (χ3v) is 4.87. The second-order valence-electron chi connectivity index (χ2n) is 5.45. The maximum absolute atomic E-state index is 12.2. The number of rotatable bonds is 4. The molecule has 106 valence electrons. The van der Waals surface area contributed by atoms with Crippen molar-refractivity contribution >= 4 is 15.7 Å². The van der Waals surface area contributed by atoms with Crippen LogP contribution < -0.4 is 10.0 Å². The summed E-state index contributed by atoms with van der Waals surface area (Å²) in [4.78, 5) is 0. The number of benzene rings is 1. The zero-order valence-electron chi connectivity index (χ0n) is 11.8. The predicted octanol–water partition coefficient (Wildman–Crippen LogP) is 2.11. The normalized spacial score (nSPS) is 19.6. The number of hydrogen-bond donors (Lipinski definition) is 2. The largest absolute Gasteiger partial charge is 0.313 e. The quantitative estimate of drug-likeness (QED) is 0.889. The molecule has 2 N–H and O–H groups in total. The number of anilines is 1. The first-order chi connectivity index (χ1) is 8.87. The number of aryl methyl sites for hydroxylation is 3. The SMILES string of the molecule is Cc1cc(C)c(NS(=O)(=O)CC2CCCN2)c(C)c1. The van der Waals surface area contributed by atoms with Crippen LogP contribution in [0.4, 0.5) is 5.69 Å². The number of sulfonamides is 1. The first kappa shape index (κ1) is 14.3. The van der Waals surface area contributed by atoms with E-state index < -0.39 is 10.0 Å². The Morgan fingerprint density at radius 1 is 1.26 bits per heavy atom. The van der Waals surface area contributed by atoms with Crippen LogP contribution in [-0.2, 0) is 10.0 Å². The summed E-state index contributed by atoms with van der Waals surface area (Å²) in [7, 11) is -3.29. The highest BCUT2D eigenvalue weighted by Crippen LogP contribution is 2.23. The molecule has 1 atom stereocenters. The van der Waals surface area contributed by atoms with Gasteiger partial charge in [0.15, 0.2) is 0 Å². The molecule has 1 saturated heterocycles. The van der Waals surface area contributed by atoms with Crippen molar-refractivity contribution in [2.45, 2.75) is 39.7 Å². The standard InChI is InChI=1S/C14H22N2O2S/c1-10-7-11(2)14(12(3)8-10)16-19(17,18)9-13-5-4-6-15-13/h7-8,13,15-16H,4-6,9H2,1-3H3. The summed E-state index contributed by atoms with van der Waals surface area (Å²) in [6.07, 6.45) is 2.00. The molecular weight excluding hydrogens is 260 g/mol. The Labute approximate surface area is 115 Å².